The number of benzene rings is 2. The van der Waals surface area contributed by atoms with Crippen LogP contribution in [-0.4, -0.2) is 19.6 Å². The maximum absolute atomic E-state index is 5.99. The van der Waals surface area contributed by atoms with Gasteiger partial charge in [-0.3, -0.25) is 0 Å². The van der Waals surface area contributed by atoms with E-state index in [0.29, 0.717) is 0 Å². The molecule has 0 aromatic heterocycles. The van der Waals surface area contributed by atoms with E-state index in [2.05, 4.69) is 48.5 Å². The number of nitrogens with one attached hydrogen (secondary N) is 1. The van der Waals surface area contributed by atoms with Crippen LogP contribution in [0.5, 0.6) is 0 Å². The van der Waals surface area contributed by atoms with Crippen molar-refractivity contribution >= 4 is 17.2 Å². The SMILES string of the molecule is Clc1ccc(C/C(=C/C[NH+]2CCCC2)c2ccccc2)cc1.[Br-]. The van der Waals surface area contributed by atoms with Crippen molar-refractivity contribution in [1.29, 1.82) is 0 Å². The lowest BCUT2D eigenvalue weighted by Crippen LogP contribution is -3.09. The quantitative estimate of drug-likeness (QED) is 0.762. The minimum absolute atomic E-state index is 0. The van der Waals surface area contributed by atoms with Crippen LogP contribution in [0.1, 0.15) is 24.0 Å². The van der Waals surface area contributed by atoms with Gasteiger partial charge in [0.2, 0.25) is 0 Å². The summed E-state index contributed by atoms with van der Waals surface area (Å²) in [6.45, 7) is 3.77. The van der Waals surface area contributed by atoms with Gasteiger partial charge in [0, 0.05) is 17.9 Å². The van der Waals surface area contributed by atoms with Gasteiger partial charge in [0.05, 0.1) is 19.6 Å². The highest BCUT2D eigenvalue weighted by Gasteiger charge is 2.14. The molecule has 1 heterocycles. The van der Waals surface area contributed by atoms with Crippen LogP contribution in [0.15, 0.2) is 60.7 Å². The smallest absolute Gasteiger partial charge is 0.0964 e. The Morgan fingerprint density at radius 1 is 0.957 bits per heavy atom. The number of allylic oxidation sites excluding steroid dienone is 1. The predicted octanol–water partition coefficient (Wildman–Crippen LogP) is 0.649. The summed E-state index contributed by atoms with van der Waals surface area (Å²) < 4.78 is 0. The molecule has 0 saturated carbocycles. The zero-order chi connectivity index (χ0) is 15.2. The summed E-state index contributed by atoms with van der Waals surface area (Å²) in [5.41, 5.74) is 4.06. The third-order valence-electron chi connectivity index (χ3n) is 4.40. The Kier molecular flexibility index (Phi) is 7.35. The maximum Gasteiger partial charge on any atom is 0.0964 e. The molecule has 1 fully saturated rings. The Balaban J connectivity index is 0.00000192. The number of halogens is 2. The summed E-state index contributed by atoms with van der Waals surface area (Å²) in [5, 5.41) is 0.801. The summed E-state index contributed by atoms with van der Waals surface area (Å²) in [4.78, 5) is 1.71. The molecule has 0 radical (unpaired) electrons. The lowest BCUT2D eigenvalue weighted by Gasteiger charge is -2.12. The molecule has 1 N–H and O–H groups in total. The topological polar surface area (TPSA) is 4.44 Å². The highest BCUT2D eigenvalue weighted by atomic mass is 79.9. The van der Waals surface area contributed by atoms with Crippen LogP contribution in [-0.2, 0) is 6.42 Å². The summed E-state index contributed by atoms with van der Waals surface area (Å²) in [6.07, 6.45) is 6.15. The van der Waals surface area contributed by atoms with Crippen molar-refractivity contribution in [3.63, 3.8) is 0 Å². The second kappa shape index (κ2) is 9.27. The van der Waals surface area contributed by atoms with E-state index in [9.17, 15) is 0 Å². The molecule has 1 aliphatic rings. The zero-order valence-electron chi connectivity index (χ0n) is 13.3. The zero-order valence-corrected chi connectivity index (χ0v) is 15.6. The van der Waals surface area contributed by atoms with Crippen molar-refractivity contribution in [2.45, 2.75) is 19.3 Å². The van der Waals surface area contributed by atoms with E-state index in [1.54, 1.807) is 4.90 Å². The molecule has 0 aliphatic carbocycles. The monoisotopic (exact) mass is 391 g/mol. The van der Waals surface area contributed by atoms with Crippen molar-refractivity contribution < 1.29 is 21.9 Å². The van der Waals surface area contributed by atoms with Crippen LogP contribution in [0.2, 0.25) is 5.02 Å². The van der Waals surface area contributed by atoms with E-state index in [0.717, 1.165) is 18.0 Å². The minimum Gasteiger partial charge on any atom is -1.00 e. The van der Waals surface area contributed by atoms with E-state index >= 15 is 0 Å². The van der Waals surface area contributed by atoms with Gasteiger partial charge in [0.15, 0.2) is 0 Å². The van der Waals surface area contributed by atoms with Gasteiger partial charge in [0.1, 0.15) is 0 Å². The fourth-order valence-electron chi connectivity index (χ4n) is 3.11. The van der Waals surface area contributed by atoms with E-state index < -0.39 is 0 Å². The lowest BCUT2D eigenvalue weighted by molar-refractivity contribution is -0.881. The minimum atomic E-state index is 0. The Morgan fingerprint density at radius 2 is 1.61 bits per heavy atom. The Labute approximate surface area is 154 Å². The molecule has 1 saturated heterocycles. The predicted molar refractivity (Wildman–Crippen MR) is 94.4 cm³/mol. The van der Waals surface area contributed by atoms with Gasteiger partial charge in [-0.15, -0.1) is 0 Å². The van der Waals surface area contributed by atoms with E-state index in [4.69, 9.17) is 11.6 Å². The van der Waals surface area contributed by atoms with Crippen molar-refractivity contribution in [1.82, 2.24) is 0 Å². The molecular formula is C20H23BrClN. The van der Waals surface area contributed by atoms with Crippen LogP contribution in [0.3, 0.4) is 0 Å². The van der Waals surface area contributed by atoms with E-state index in [1.807, 2.05) is 12.1 Å². The highest BCUT2D eigenvalue weighted by Crippen LogP contribution is 2.20. The molecule has 23 heavy (non-hydrogen) atoms. The van der Waals surface area contributed by atoms with Crippen molar-refractivity contribution in [3.05, 3.63) is 76.8 Å². The van der Waals surface area contributed by atoms with Crippen LogP contribution >= 0.6 is 11.6 Å². The second-order valence-corrected chi connectivity index (χ2v) is 6.50. The normalized spacial score (nSPS) is 15.4. The highest BCUT2D eigenvalue weighted by molar-refractivity contribution is 6.30. The maximum atomic E-state index is 5.99. The number of rotatable bonds is 5. The summed E-state index contributed by atoms with van der Waals surface area (Å²) in [6, 6.07) is 18.9. The molecule has 122 valence electrons. The average molecular weight is 393 g/mol. The van der Waals surface area contributed by atoms with Gasteiger partial charge in [-0.2, -0.15) is 0 Å². The first kappa shape index (κ1) is 18.3. The van der Waals surface area contributed by atoms with Crippen molar-refractivity contribution in [2.24, 2.45) is 0 Å². The van der Waals surface area contributed by atoms with Gasteiger partial charge in [-0.25, -0.2) is 0 Å². The molecule has 0 unspecified atom stereocenters. The Bertz CT molecular complexity index is 616. The number of likely N-dealkylation sites (tertiary alicyclic amines) is 1. The third-order valence-corrected chi connectivity index (χ3v) is 4.65. The second-order valence-electron chi connectivity index (χ2n) is 6.06. The number of hydrogen-bond acceptors (Lipinski definition) is 0. The fourth-order valence-corrected chi connectivity index (χ4v) is 3.24. The standard InChI is InChI=1S/C20H22ClN.BrH/c21-20-10-8-17(9-11-20)16-19(18-6-2-1-3-7-18)12-15-22-13-4-5-14-22;/h1-3,6-12H,4-5,13-16H2;1H/b19-12-;. The largest absolute Gasteiger partial charge is 1.00 e. The van der Waals surface area contributed by atoms with Gasteiger partial charge in [-0.05, 0) is 41.3 Å². The lowest BCUT2D eigenvalue weighted by atomic mass is 9.98. The van der Waals surface area contributed by atoms with Crippen LogP contribution < -0.4 is 21.9 Å². The molecule has 3 heteroatoms. The van der Waals surface area contributed by atoms with E-state index in [1.165, 1.54) is 42.6 Å². The third kappa shape index (κ3) is 5.49. The molecule has 0 bridgehead atoms. The van der Waals surface area contributed by atoms with E-state index in [-0.39, 0.29) is 17.0 Å². The van der Waals surface area contributed by atoms with Gasteiger partial charge in [0.25, 0.3) is 0 Å². The first-order valence-electron chi connectivity index (χ1n) is 8.14. The molecule has 0 atom stereocenters. The Hall–Kier alpha value is -1.09. The van der Waals surface area contributed by atoms with Gasteiger partial charge in [-0.1, -0.05) is 54.1 Å². The van der Waals surface area contributed by atoms with Crippen LogP contribution in [0, 0.1) is 0 Å². The summed E-state index contributed by atoms with van der Waals surface area (Å²) in [5.74, 6) is 0. The first-order valence-corrected chi connectivity index (χ1v) is 8.51. The molecule has 1 aliphatic heterocycles. The van der Waals surface area contributed by atoms with Crippen molar-refractivity contribution in [2.75, 3.05) is 19.6 Å². The molecule has 2 aromatic rings. The average Bonchev–Trinajstić information content (AvgIpc) is 3.07. The molecule has 3 rings (SSSR count). The van der Waals surface area contributed by atoms with Gasteiger partial charge >= 0.3 is 0 Å². The molecule has 0 amide bonds. The molecule has 1 nitrogen and oxygen atoms in total. The van der Waals surface area contributed by atoms with Crippen LogP contribution in [0.25, 0.3) is 5.57 Å². The molecular weight excluding hydrogens is 370 g/mol. The van der Waals surface area contributed by atoms with Crippen LogP contribution in [0.4, 0.5) is 0 Å². The molecule has 2 aromatic carbocycles. The number of quaternary nitrogens is 1. The van der Waals surface area contributed by atoms with Gasteiger partial charge < -0.3 is 21.9 Å². The fraction of sp³-hybridized carbons (Fsp3) is 0.300. The Morgan fingerprint density at radius 3 is 2.26 bits per heavy atom. The number of hydrogen-bond donors (Lipinski definition) is 1. The first-order chi connectivity index (χ1) is 10.8. The molecule has 0 spiro atoms. The van der Waals surface area contributed by atoms with Crippen molar-refractivity contribution in [3.8, 4) is 0 Å². The summed E-state index contributed by atoms with van der Waals surface area (Å²) >= 11 is 5.99. The summed E-state index contributed by atoms with van der Waals surface area (Å²) in [7, 11) is 0.